The molecule has 3 aliphatic rings. The van der Waals surface area contributed by atoms with Crippen molar-refractivity contribution in [2.24, 2.45) is 17.6 Å². The number of aromatic hydroxyl groups is 1. The molecule has 170 valence electrons. The van der Waals surface area contributed by atoms with Gasteiger partial charge in [0.2, 0.25) is 5.78 Å². The number of aryl methyl sites for hydroxylation is 1. The SMILES string of the molecule is CCc1ccc2c(c1O)C(O)=C1C(=O)[C@@]3(O)C(O)=C(C(N)=O)C(=O)[C@H](N(C)C)[C@H]3C[C@H]1C2. The number of nitrogens with zero attached hydrogens (tertiary/aromatic N) is 1. The molecule has 0 aromatic heterocycles. The van der Waals surface area contributed by atoms with Gasteiger partial charge in [0.25, 0.3) is 5.91 Å². The number of benzene rings is 1. The third-order valence-corrected chi connectivity index (χ3v) is 7.06. The van der Waals surface area contributed by atoms with E-state index in [1.54, 1.807) is 26.2 Å². The summed E-state index contributed by atoms with van der Waals surface area (Å²) >= 11 is 0. The first kappa shape index (κ1) is 22.0. The van der Waals surface area contributed by atoms with Gasteiger partial charge in [0.1, 0.15) is 22.8 Å². The molecule has 0 aliphatic heterocycles. The van der Waals surface area contributed by atoms with Crippen LogP contribution in [0.5, 0.6) is 5.75 Å². The van der Waals surface area contributed by atoms with E-state index in [1.165, 1.54) is 4.90 Å². The number of fused-ring (bicyclic) bond motifs is 3. The van der Waals surface area contributed by atoms with Gasteiger partial charge in [-0.25, -0.2) is 0 Å². The average Bonchev–Trinajstić information content (AvgIpc) is 2.70. The molecule has 0 spiro atoms. The lowest BCUT2D eigenvalue weighted by Crippen LogP contribution is -2.65. The van der Waals surface area contributed by atoms with E-state index >= 15 is 0 Å². The number of phenols is 1. The van der Waals surface area contributed by atoms with E-state index in [-0.39, 0.29) is 23.3 Å². The van der Waals surface area contributed by atoms with Gasteiger partial charge in [-0.15, -0.1) is 0 Å². The quantitative estimate of drug-likeness (QED) is 0.424. The molecule has 1 amide bonds. The van der Waals surface area contributed by atoms with Gasteiger partial charge in [0, 0.05) is 11.5 Å². The molecule has 1 aromatic rings. The van der Waals surface area contributed by atoms with Crippen molar-refractivity contribution < 1.29 is 34.8 Å². The predicted octanol–water partition coefficient (Wildman–Crippen LogP) is 0.526. The standard InChI is InChI=1S/C23H26N2O7/c1-4-9-5-6-10-7-11-8-12-16(25(2)3)19(28)15(22(24)31)21(30)23(12,32)20(29)14(11)18(27)13(10)17(9)26/h5-6,11-12,16,26-27,30,32H,4,7-8H2,1-3H3,(H2,24,31)/t11-,12-,16-,23-/m1/s1. The van der Waals surface area contributed by atoms with E-state index in [1.807, 2.05) is 6.92 Å². The van der Waals surface area contributed by atoms with E-state index in [0.29, 0.717) is 24.0 Å². The number of carbonyl (C=O) groups is 3. The van der Waals surface area contributed by atoms with Crippen molar-refractivity contribution in [3.63, 3.8) is 0 Å². The Morgan fingerprint density at radius 2 is 1.88 bits per heavy atom. The fraction of sp³-hybridized carbons (Fsp3) is 0.435. The second kappa shape index (κ2) is 7.18. The molecule has 0 bridgehead atoms. The first-order chi connectivity index (χ1) is 15.0. The number of carbonyl (C=O) groups excluding carboxylic acids is 3. The molecule has 3 aliphatic carbocycles. The van der Waals surface area contributed by atoms with Gasteiger partial charge in [0.15, 0.2) is 11.4 Å². The molecule has 0 unspecified atom stereocenters. The fourth-order valence-electron chi connectivity index (χ4n) is 5.55. The van der Waals surface area contributed by atoms with Crippen LogP contribution in [0.1, 0.15) is 30.0 Å². The monoisotopic (exact) mass is 442 g/mol. The minimum Gasteiger partial charge on any atom is -0.508 e. The van der Waals surface area contributed by atoms with E-state index in [9.17, 15) is 34.8 Å². The van der Waals surface area contributed by atoms with Crippen LogP contribution in [0.3, 0.4) is 0 Å². The van der Waals surface area contributed by atoms with Crippen LogP contribution >= 0.6 is 0 Å². The number of rotatable bonds is 3. The maximum absolute atomic E-state index is 13.6. The molecule has 1 fully saturated rings. The van der Waals surface area contributed by atoms with Gasteiger partial charge >= 0.3 is 0 Å². The molecule has 6 N–H and O–H groups in total. The lowest BCUT2D eigenvalue weighted by molar-refractivity contribution is -0.153. The number of amides is 1. The Morgan fingerprint density at radius 3 is 2.44 bits per heavy atom. The van der Waals surface area contributed by atoms with E-state index < -0.39 is 58.0 Å². The third kappa shape index (κ3) is 2.67. The Kier molecular flexibility index (Phi) is 4.94. The molecule has 32 heavy (non-hydrogen) atoms. The minimum absolute atomic E-state index is 0.0854. The second-order valence-electron chi connectivity index (χ2n) is 8.92. The van der Waals surface area contributed by atoms with Crippen LogP contribution in [0.4, 0.5) is 0 Å². The Morgan fingerprint density at radius 1 is 1.22 bits per heavy atom. The number of primary amides is 1. The number of nitrogens with two attached hydrogens (primary N) is 1. The molecule has 0 radical (unpaired) electrons. The fourth-order valence-corrected chi connectivity index (χ4v) is 5.55. The van der Waals surface area contributed by atoms with Crippen molar-refractivity contribution in [3.05, 3.63) is 45.7 Å². The summed E-state index contributed by atoms with van der Waals surface area (Å²) in [5.41, 5.74) is 3.09. The molecule has 1 aromatic carbocycles. The summed E-state index contributed by atoms with van der Waals surface area (Å²) in [7, 11) is 3.13. The van der Waals surface area contributed by atoms with Crippen LogP contribution < -0.4 is 5.73 Å². The van der Waals surface area contributed by atoms with Crippen molar-refractivity contribution in [1.82, 2.24) is 4.90 Å². The topological polar surface area (TPSA) is 161 Å². The van der Waals surface area contributed by atoms with Crippen LogP contribution in [0.15, 0.2) is 29.0 Å². The Balaban J connectivity index is 1.97. The number of Topliss-reactive ketones (excluding diaryl/α,β-unsaturated/α-hetero) is 2. The van der Waals surface area contributed by atoms with E-state index in [2.05, 4.69) is 0 Å². The number of aliphatic hydroxyl groups is 3. The summed E-state index contributed by atoms with van der Waals surface area (Å²) in [6.07, 6.45) is 0.886. The second-order valence-corrected chi connectivity index (χ2v) is 8.92. The summed E-state index contributed by atoms with van der Waals surface area (Å²) in [5.74, 6) is -6.32. The van der Waals surface area contributed by atoms with Gasteiger partial charge in [-0.1, -0.05) is 19.1 Å². The van der Waals surface area contributed by atoms with Crippen molar-refractivity contribution >= 4 is 23.2 Å². The van der Waals surface area contributed by atoms with Crippen LogP contribution in [-0.2, 0) is 27.2 Å². The summed E-state index contributed by atoms with van der Waals surface area (Å²) < 4.78 is 0. The van der Waals surface area contributed by atoms with E-state index in [0.717, 1.165) is 0 Å². The summed E-state index contributed by atoms with van der Waals surface area (Å²) in [6.45, 7) is 1.84. The average molecular weight is 442 g/mol. The zero-order valence-electron chi connectivity index (χ0n) is 18.0. The number of hydrogen-bond acceptors (Lipinski definition) is 8. The summed E-state index contributed by atoms with van der Waals surface area (Å²) in [4.78, 5) is 40.0. The minimum atomic E-state index is -2.61. The highest BCUT2D eigenvalue weighted by Gasteiger charge is 2.64. The highest BCUT2D eigenvalue weighted by molar-refractivity contribution is 6.24. The van der Waals surface area contributed by atoms with Crippen molar-refractivity contribution in [2.45, 2.75) is 37.8 Å². The van der Waals surface area contributed by atoms with Crippen LogP contribution in [0.2, 0.25) is 0 Å². The highest BCUT2D eigenvalue weighted by Crippen LogP contribution is 2.52. The Bertz CT molecular complexity index is 1130. The van der Waals surface area contributed by atoms with Crippen LogP contribution in [0, 0.1) is 11.8 Å². The van der Waals surface area contributed by atoms with Gasteiger partial charge in [-0.05, 0) is 50.4 Å². The van der Waals surface area contributed by atoms with Crippen molar-refractivity contribution in [1.29, 1.82) is 0 Å². The van der Waals surface area contributed by atoms with E-state index in [4.69, 9.17) is 5.73 Å². The molecule has 4 atom stereocenters. The smallest absolute Gasteiger partial charge is 0.255 e. The maximum Gasteiger partial charge on any atom is 0.255 e. The Hall–Kier alpha value is -3.17. The molecule has 9 nitrogen and oxygen atoms in total. The number of likely N-dealkylation sites (N-methyl/N-ethyl adjacent to an activating group) is 1. The lowest BCUT2D eigenvalue weighted by atomic mass is 9.57. The first-order valence-corrected chi connectivity index (χ1v) is 10.4. The summed E-state index contributed by atoms with van der Waals surface area (Å²) in [6, 6.07) is 2.46. The van der Waals surface area contributed by atoms with Gasteiger partial charge in [0.05, 0.1) is 11.6 Å². The number of aliphatic hydroxyl groups excluding tert-OH is 2. The zero-order valence-corrected chi connectivity index (χ0v) is 18.0. The molecule has 9 heteroatoms. The maximum atomic E-state index is 13.6. The van der Waals surface area contributed by atoms with Crippen LogP contribution in [-0.4, -0.2) is 68.5 Å². The molecular weight excluding hydrogens is 416 g/mol. The normalized spacial score (nSPS) is 29.7. The molecular formula is C23H26N2O7. The highest BCUT2D eigenvalue weighted by atomic mass is 16.3. The first-order valence-electron chi connectivity index (χ1n) is 10.4. The van der Waals surface area contributed by atoms with Gasteiger partial charge < -0.3 is 26.2 Å². The molecule has 1 saturated carbocycles. The van der Waals surface area contributed by atoms with Gasteiger partial charge in [-0.2, -0.15) is 0 Å². The van der Waals surface area contributed by atoms with Crippen molar-refractivity contribution in [3.8, 4) is 5.75 Å². The van der Waals surface area contributed by atoms with Crippen molar-refractivity contribution in [2.75, 3.05) is 14.1 Å². The largest absolute Gasteiger partial charge is 0.508 e. The third-order valence-electron chi connectivity index (χ3n) is 7.06. The number of phenolic OH excluding ortho intramolecular Hbond substituents is 1. The lowest BCUT2D eigenvalue weighted by Gasteiger charge is -2.50. The van der Waals surface area contributed by atoms with Crippen LogP contribution in [0.25, 0.3) is 5.76 Å². The summed E-state index contributed by atoms with van der Waals surface area (Å²) in [5, 5.41) is 44.0. The predicted molar refractivity (Wildman–Crippen MR) is 114 cm³/mol. The molecule has 4 rings (SSSR count). The van der Waals surface area contributed by atoms with Gasteiger partial charge in [-0.3, -0.25) is 19.3 Å². The number of hydrogen-bond donors (Lipinski definition) is 5. The number of ketones is 2. The molecule has 0 saturated heterocycles. The molecule has 0 heterocycles. The Labute approximate surface area is 184 Å². The zero-order chi connectivity index (χ0) is 23.7.